The average Bonchev–Trinajstić information content (AvgIpc) is 3.02. The Morgan fingerprint density at radius 1 is 1.24 bits per heavy atom. The van der Waals surface area contributed by atoms with Gasteiger partial charge in [-0.3, -0.25) is 5.32 Å². The summed E-state index contributed by atoms with van der Waals surface area (Å²) in [5.41, 5.74) is 0.653. The molecule has 2 atom stereocenters. The second-order valence-electron chi connectivity index (χ2n) is 6.24. The molecular weight excluding hydrogens is 338 g/mol. The molecule has 1 aliphatic rings. The zero-order chi connectivity index (χ0) is 17.8. The Morgan fingerprint density at radius 2 is 2.00 bits per heavy atom. The molecule has 7 nitrogen and oxygen atoms in total. The number of ether oxygens (including phenoxy) is 1. The molecule has 2 amide bonds. The number of rotatable bonds is 4. The normalized spacial score (nSPS) is 20.2. The molecule has 2 aromatic rings. The molecule has 1 aromatic heterocycles. The minimum atomic E-state index is -0.351. The first-order valence-corrected chi connectivity index (χ1v) is 9.22. The SMILES string of the molecule is COc1cccc(NC(=O)Nc2nnc(N3[C@H](C)CCC[C@H]3C)s2)c1. The molecule has 134 valence electrons. The number of methoxy groups -OCH3 is 1. The molecule has 1 aliphatic heterocycles. The summed E-state index contributed by atoms with van der Waals surface area (Å²) < 4.78 is 5.15. The number of hydrogen-bond donors (Lipinski definition) is 2. The van der Waals surface area contributed by atoms with Crippen LogP contribution in [0.25, 0.3) is 0 Å². The highest BCUT2D eigenvalue weighted by Gasteiger charge is 2.27. The maximum Gasteiger partial charge on any atom is 0.325 e. The van der Waals surface area contributed by atoms with Crippen molar-refractivity contribution in [2.24, 2.45) is 0 Å². The summed E-state index contributed by atoms with van der Waals surface area (Å²) in [6.45, 7) is 4.42. The molecule has 0 saturated carbocycles. The molecule has 1 saturated heterocycles. The first-order chi connectivity index (χ1) is 12.1. The van der Waals surface area contributed by atoms with Crippen LogP contribution in [0.2, 0.25) is 0 Å². The largest absolute Gasteiger partial charge is 0.497 e. The Labute approximate surface area is 151 Å². The van der Waals surface area contributed by atoms with E-state index in [1.54, 1.807) is 19.2 Å². The van der Waals surface area contributed by atoms with Crippen molar-refractivity contribution in [3.8, 4) is 5.75 Å². The van der Waals surface area contributed by atoms with Gasteiger partial charge in [-0.15, -0.1) is 10.2 Å². The Morgan fingerprint density at radius 3 is 2.72 bits per heavy atom. The van der Waals surface area contributed by atoms with Gasteiger partial charge in [-0.25, -0.2) is 4.79 Å². The first kappa shape index (κ1) is 17.5. The maximum absolute atomic E-state index is 12.2. The molecule has 8 heteroatoms. The standard InChI is InChI=1S/C17H23N5O2S/c1-11-6-4-7-12(2)22(11)17-21-20-16(25-17)19-15(23)18-13-8-5-9-14(10-13)24-3/h5,8-12H,4,6-7H2,1-3H3,(H2,18,19,20,23)/t11-,12-/m1/s1. The number of urea groups is 1. The third-order valence-corrected chi connectivity index (χ3v) is 5.23. The number of carbonyl (C=O) groups excluding carboxylic acids is 1. The van der Waals surface area contributed by atoms with Gasteiger partial charge in [0, 0.05) is 23.8 Å². The van der Waals surface area contributed by atoms with Crippen LogP contribution < -0.4 is 20.3 Å². The van der Waals surface area contributed by atoms with Gasteiger partial charge in [-0.2, -0.15) is 0 Å². The number of nitrogens with one attached hydrogen (secondary N) is 2. The van der Waals surface area contributed by atoms with Gasteiger partial charge in [-0.1, -0.05) is 17.4 Å². The van der Waals surface area contributed by atoms with Crippen LogP contribution >= 0.6 is 11.3 Å². The van der Waals surface area contributed by atoms with E-state index in [0.717, 1.165) is 18.0 Å². The number of aromatic nitrogens is 2. The van der Waals surface area contributed by atoms with Crippen LogP contribution in [-0.4, -0.2) is 35.4 Å². The minimum Gasteiger partial charge on any atom is -0.497 e. The van der Waals surface area contributed by atoms with Crippen molar-refractivity contribution < 1.29 is 9.53 Å². The van der Waals surface area contributed by atoms with Crippen molar-refractivity contribution in [2.45, 2.75) is 45.2 Å². The van der Waals surface area contributed by atoms with Crippen molar-refractivity contribution in [2.75, 3.05) is 22.6 Å². The average molecular weight is 361 g/mol. The Kier molecular flexibility index (Phi) is 5.37. The topological polar surface area (TPSA) is 79.4 Å². The van der Waals surface area contributed by atoms with Crippen molar-refractivity contribution in [3.63, 3.8) is 0 Å². The summed E-state index contributed by atoms with van der Waals surface area (Å²) in [5, 5.41) is 15.2. The Balaban J connectivity index is 1.63. The predicted molar refractivity (Wildman–Crippen MR) is 101 cm³/mol. The van der Waals surface area contributed by atoms with Crippen LogP contribution in [0.4, 0.5) is 20.7 Å². The second-order valence-corrected chi connectivity index (χ2v) is 7.19. The van der Waals surface area contributed by atoms with Crippen LogP contribution in [-0.2, 0) is 0 Å². The summed E-state index contributed by atoms with van der Waals surface area (Å²) in [5.74, 6) is 0.684. The molecule has 0 unspecified atom stereocenters. The molecule has 2 heterocycles. The number of hydrogen-bond acceptors (Lipinski definition) is 6. The van der Waals surface area contributed by atoms with Gasteiger partial charge in [0.15, 0.2) is 0 Å². The third kappa shape index (κ3) is 4.19. The maximum atomic E-state index is 12.2. The van der Waals surface area contributed by atoms with Crippen molar-refractivity contribution in [1.82, 2.24) is 10.2 Å². The molecule has 0 radical (unpaired) electrons. The molecular formula is C17H23N5O2S. The van der Waals surface area contributed by atoms with E-state index in [2.05, 4.69) is 39.6 Å². The fourth-order valence-electron chi connectivity index (χ4n) is 3.13. The van der Waals surface area contributed by atoms with Crippen molar-refractivity contribution in [1.29, 1.82) is 0 Å². The summed E-state index contributed by atoms with van der Waals surface area (Å²) in [6, 6.07) is 7.71. The van der Waals surface area contributed by atoms with E-state index in [9.17, 15) is 4.79 Å². The van der Waals surface area contributed by atoms with E-state index in [-0.39, 0.29) is 6.03 Å². The lowest BCUT2D eigenvalue weighted by molar-refractivity contribution is 0.262. The van der Waals surface area contributed by atoms with Crippen molar-refractivity contribution in [3.05, 3.63) is 24.3 Å². The van der Waals surface area contributed by atoms with Crippen LogP contribution in [0.3, 0.4) is 0 Å². The van der Waals surface area contributed by atoms with Gasteiger partial charge in [0.05, 0.1) is 7.11 Å². The number of benzene rings is 1. The van der Waals surface area contributed by atoms with Gasteiger partial charge in [0.1, 0.15) is 5.75 Å². The summed E-state index contributed by atoms with van der Waals surface area (Å²) in [6.07, 6.45) is 3.55. The number of carbonyl (C=O) groups is 1. The number of piperidine rings is 1. The smallest absolute Gasteiger partial charge is 0.325 e. The minimum absolute atomic E-state index is 0.351. The van der Waals surface area contributed by atoms with Gasteiger partial charge in [0.25, 0.3) is 0 Å². The Bertz CT molecular complexity index is 725. The van der Waals surface area contributed by atoms with E-state index in [4.69, 9.17) is 4.74 Å². The van der Waals surface area contributed by atoms with E-state index < -0.39 is 0 Å². The zero-order valence-electron chi connectivity index (χ0n) is 14.7. The second kappa shape index (κ2) is 7.69. The quantitative estimate of drug-likeness (QED) is 0.862. The summed E-state index contributed by atoms with van der Waals surface area (Å²) in [4.78, 5) is 14.5. The van der Waals surface area contributed by atoms with Gasteiger partial charge < -0.3 is 15.0 Å². The lowest BCUT2D eigenvalue weighted by Gasteiger charge is -2.38. The molecule has 0 bridgehead atoms. The van der Waals surface area contributed by atoms with Gasteiger partial charge >= 0.3 is 6.03 Å². The molecule has 2 N–H and O–H groups in total. The summed E-state index contributed by atoms with van der Waals surface area (Å²) >= 11 is 1.40. The van der Waals surface area contributed by atoms with E-state index in [1.165, 1.54) is 17.8 Å². The highest BCUT2D eigenvalue weighted by Crippen LogP contribution is 2.32. The number of amides is 2. The number of anilines is 3. The van der Waals surface area contributed by atoms with Crippen LogP contribution in [0.15, 0.2) is 24.3 Å². The lowest BCUT2D eigenvalue weighted by atomic mass is 9.98. The van der Waals surface area contributed by atoms with E-state index in [1.807, 2.05) is 12.1 Å². The molecule has 1 aromatic carbocycles. The fourth-order valence-corrected chi connectivity index (χ4v) is 4.07. The van der Waals surface area contributed by atoms with Crippen molar-refractivity contribution >= 4 is 33.3 Å². The third-order valence-electron chi connectivity index (χ3n) is 4.38. The molecule has 0 spiro atoms. The van der Waals surface area contributed by atoms with Gasteiger partial charge in [0.2, 0.25) is 10.3 Å². The number of nitrogens with zero attached hydrogens (tertiary/aromatic N) is 3. The molecule has 25 heavy (non-hydrogen) atoms. The molecule has 0 aliphatic carbocycles. The van der Waals surface area contributed by atoms with Crippen LogP contribution in [0.1, 0.15) is 33.1 Å². The van der Waals surface area contributed by atoms with Crippen LogP contribution in [0.5, 0.6) is 5.75 Å². The fraction of sp³-hybridized carbons (Fsp3) is 0.471. The first-order valence-electron chi connectivity index (χ1n) is 8.40. The van der Waals surface area contributed by atoms with Gasteiger partial charge in [-0.05, 0) is 45.2 Å². The van der Waals surface area contributed by atoms with E-state index >= 15 is 0 Å². The van der Waals surface area contributed by atoms with E-state index in [0.29, 0.717) is 28.7 Å². The lowest BCUT2D eigenvalue weighted by Crippen LogP contribution is -2.43. The zero-order valence-corrected chi connectivity index (χ0v) is 15.5. The molecule has 3 rings (SSSR count). The molecule has 1 fully saturated rings. The Hall–Kier alpha value is -2.35. The van der Waals surface area contributed by atoms with Crippen LogP contribution in [0, 0.1) is 0 Å². The summed E-state index contributed by atoms with van der Waals surface area (Å²) in [7, 11) is 1.59. The highest BCUT2D eigenvalue weighted by molar-refractivity contribution is 7.19. The monoisotopic (exact) mass is 361 g/mol. The predicted octanol–water partition coefficient (Wildman–Crippen LogP) is 3.96. The highest BCUT2D eigenvalue weighted by atomic mass is 32.1.